The molecule has 1 saturated heterocycles. The van der Waals surface area contributed by atoms with E-state index in [9.17, 15) is 4.79 Å². The van der Waals surface area contributed by atoms with Crippen molar-refractivity contribution in [2.45, 2.75) is 13.0 Å². The number of likely N-dealkylation sites (N-methyl/N-ethyl adjacent to an activating group) is 1. The fraction of sp³-hybridized carbons (Fsp3) is 0.562. The summed E-state index contributed by atoms with van der Waals surface area (Å²) >= 11 is 0. The molecule has 0 unspecified atom stereocenters. The fourth-order valence-electron chi connectivity index (χ4n) is 2.78. The zero-order valence-corrected chi connectivity index (χ0v) is 13.9. The van der Waals surface area contributed by atoms with Crippen LogP contribution in [0.15, 0.2) is 18.2 Å². The molecule has 1 aromatic carbocycles. The second-order valence-electron chi connectivity index (χ2n) is 5.90. The van der Waals surface area contributed by atoms with E-state index in [-0.39, 0.29) is 11.9 Å². The molecular weight excluding hydrogens is 282 g/mol. The number of amides is 1. The van der Waals surface area contributed by atoms with Gasteiger partial charge in [-0.3, -0.25) is 4.79 Å². The molecule has 6 nitrogen and oxygen atoms in total. The van der Waals surface area contributed by atoms with Crippen molar-refractivity contribution < 1.29 is 24.1 Å². The van der Waals surface area contributed by atoms with Gasteiger partial charge in [-0.25, -0.2) is 0 Å². The summed E-state index contributed by atoms with van der Waals surface area (Å²) in [6, 6.07) is 5.36. The van der Waals surface area contributed by atoms with Crippen molar-refractivity contribution >= 4 is 11.6 Å². The van der Waals surface area contributed by atoms with E-state index in [2.05, 4.69) is 12.4 Å². The first-order chi connectivity index (χ1) is 10.5. The van der Waals surface area contributed by atoms with Crippen LogP contribution in [-0.2, 0) is 4.79 Å². The minimum Gasteiger partial charge on any atom is -0.493 e. The minimum absolute atomic E-state index is 0.0433. The average Bonchev–Trinajstić information content (AvgIpc) is 2.54. The van der Waals surface area contributed by atoms with Gasteiger partial charge in [-0.1, -0.05) is 0 Å². The van der Waals surface area contributed by atoms with Crippen LogP contribution in [0.25, 0.3) is 0 Å². The molecule has 1 heterocycles. The first-order valence-electron chi connectivity index (χ1n) is 7.74. The summed E-state index contributed by atoms with van der Waals surface area (Å²) in [5.74, 6) is 1.31. The number of carbonyl (C=O) groups is 1. The number of benzene rings is 1. The molecule has 3 N–H and O–H groups in total. The van der Waals surface area contributed by atoms with Crippen LogP contribution in [0.3, 0.4) is 0 Å². The molecule has 0 aliphatic carbocycles. The van der Waals surface area contributed by atoms with Gasteiger partial charge in [0, 0.05) is 11.8 Å². The highest BCUT2D eigenvalue weighted by Crippen LogP contribution is 2.29. The summed E-state index contributed by atoms with van der Waals surface area (Å²) in [5.41, 5.74) is 0.730. The number of nitrogens with one attached hydrogen (secondary N) is 3. The summed E-state index contributed by atoms with van der Waals surface area (Å²) in [6.07, 6.45) is 0. The maximum absolute atomic E-state index is 12.4. The molecule has 1 fully saturated rings. The molecule has 1 amide bonds. The van der Waals surface area contributed by atoms with Crippen LogP contribution in [0, 0.1) is 0 Å². The Kier molecular flexibility index (Phi) is 5.63. The van der Waals surface area contributed by atoms with Crippen molar-refractivity contribution in [1.29, 1.82) is 0 Å². The minimum atomic E-state index is -0.0544. The normalized spacial score (nSPS) is 22.7. The van der Waals surface area contributed by atoms with E-state index in [1.54, 1.807) is 26.4 Å². The first kappa shape index (κ1) is 16.6. The Bertz CT molecular complexity index is 513. The second kappa shape index (κ2) is 7.47. The molecule has 22 heavy (non-hydrogen) atoms. The molecule has 2 rings (SSSR count). The molecule has 122 valence electrons. The van der Waals surface area contributed by atoms with Gasteiger partial charge in [-0.2, -0.15) is 0 Å². The fourth-order valence-corrected chi connectivity index (χ4v) is 2.78. The largest absolute Gasteiger partial charge is 0.493 e. The third-order valence-electron chi connectivity index (χ3n) is 4.40. The van der Waals surface area contributed by atoms with Gasteiger partial charge < -0.3 is 24.6 Å². The van der Waals surface area contributed by atoms with Gasteiger partial charge in [0.25, 0.3) is 5.91 Å². The van der Waals surface area contributed by atoms with Crippen LogP contribution >= 0.6 is 0 Å². The number of anilines is 1. The highest BCUT2D eigenvalue weighted by molar-refractivity contribution is 5.93. The number of carbonyl (C=O) groups excluding carboxylic acids is 1. The van der Waals surface area contributed by atoms with Crippen molar-refractivity contribution in [3.63, 3.8) is 0 Å². The standard InChI is InChI=1S/C16H25N3O3/c1-12(19-9-7-18(2)8-10-19)16(20)17-13-5-6-14(21-3)15(11-13)22-4/h5-6,11-12H,7-10H2,1-4H3,(H,17,20)/p+2/t12-/m1/s1. The molecule has 1 aromatic rings. The third-order valence-corrected chi connectivity index (χ3v) is 4.40. The molecule has 0 bridgehead atoms. The number of methoxy groups -OCH3 is 2. The summed E-state index contributed by atoms with van der Waals surface area (Å²) in [6.45, 7) is 6.29. The number of rotatable bonds is 5. The summed E-state index contributed by atoms with van der Waals surface area (Å²) < 4.78 is 10.5. The van der Waals surface area contributed by atoms with E-state index in [1.807, 2.05) is 13.0 Å². The van der Waals surface area contributed by atoms with Gasteiger partial charge in [-0.05, 0) is 19.1 Å². The zero-order valence-electron chi connectivity index (χ0n) is 13.9. The summed E-state index contributed by atoms with van der Waals surface area (Å²) in [5, 5.41) is 2.97. The lowest BCUT2D eigenvalue weighted by atomic mass is 10.2. The summed E-state index contributed by atoms with van der Waals surface area (Å²) in [7, 11) is 5.38. The van der Waals surface area contributed by atoms with E-state index in [0.29, 0.717) is 11.5 Å². The molecule has 0 saturated carbocycles. The zero-order chi connectivity index (χ0) is 16.1. The van der Waals surface area contributed by atoms with Gasteiger partial charge in [0.05, 0.1) is 21.3 Å². The van der Waals surface area contributed by atoms with E-state index < -0.39 is 0 Å². The van der Waals surface area contributed by atoms with Crippen molar-refractivity contribution in [1.82, 2.24) is 0 Å². The maximum atomic E-state index is 12.4. The van der Waals surface area contributed by atoms with Crippen molar-refractivity contribution in [2.75, 3.05) is 52.8 Å². The SMILES string of the molecule is COc1ccc(NC(=O)[C@@H](C)[NH+]2CC[NH+](C)CC2)cc1OC. The van der Waals surface area contributed by atoms with E-state index in [4.69, 9.17) is 9.47 Å². The number of quaternary nitrogens is 2. The van der Waals surface area contributed by atoms with E-state index in [0.717, 1.165) is 31.9 Å². The monoisotopic (exact) mass is 309 g/mol. The average molecular weight is 309 g/mol. The Hall–Kier alpha value is -1.79. The Balaban J connectivity index is 1.99. The highest BCUT2D eigenvalue weighted by Gasteiger charge is 2.29. The van der Waals surface area contributed by atoms with E-state index in [1.165, 1.54) is 9.80 Å². The molecule has 0 spiro atoms. The number of hydrogen-bond acceptors (Lipinski definition) is 3. The van der Waals surface area contributed by atoms with Crippen LogP contribution in [0.5, 0.6) is 11.5 Å². The number of ether oxygens (including phenoxy) is 2. The summed E-state index contributed by atoms with van der Waals surface area (Å²) in [4.78, 5) is 15.3. The lowest BCUT2D eigenvalue weighted by Crippen LogP contribution is -3.29. The predicted molar refractivity (Wildman–Crippen MR) is 85.0 cm³/mol. The molecule has 0 aromatic heterocycles. The lowest BCUT2D eigenvalue weighted by molar-refractivity contribution is -1.01. The van der Waals surface area contributed by atoms with Crippen LogP contribution < -0.4 is 24.6 Å². The Morgan fingerprint density at radius 1 is 1.14 bits per heavy atom. The predicted octanol–water partition coefficient (Wildman–Crippen LogP) is -1.56. The molecule has 1 atom stereocenters. The first-order valence-corrected chi connectivity index (χ1v) is 7.74. The van der Waals surface area contributed by atoms with Gasteiger partial charge in [-0.15, -0.1) is 0 Å². The smallest absolute Gasteiger partial charge is 0.282 e. The second-order valence-corrected chi connectivity index (χ2v) is 5.90. The number of piperazine rings is 1. The van der Waals surface area contributed by atoms with Crippen LogP contribution in [0.1, 0.15) is 6.92 Å². The van der Waals surface area contributed by atoms with E-state index >= 15 is 0 Å². The van der Waals surface area contributed by atoms with Crippen LogP contribution in [0.4, 0.5) is 5.69 Å². The van der Waals surface area contributed by atoms with Gasteiger partial charge in [0.15, 0.2) is 17.5 Å². The third kappa shape index (κ3) is 3.90. The molecule has 0 radical (unpaired) electrons. The van der Waals surface area contributed by atoms with Crippen LogP contribution in [-0.4, -0.2) is 59.4 Å². The Morgan fingerprint density at radius 3 is 2.36 bits per heavy atom. The van der Waals surface area contributed by atoms with Crippen molar-refractivity contribution in [2.24, 2.45) is 0 Å². The van der Waals surface area contributed by atoms with Crippen molar-refractivity contribution in [3.05, 3.63) is 18.2 Å². The molecular formula is C16H27N3O3+2. The molecule has 1 aliphatic heterocycles. The number of hydrogen-bond donors (Lipinski definition) is 3. The van der Waals surface area contributed by atoms with Gasteiger partial charge in [0.2, 0.25) is 0 Å². The lowest BCUT2D eigenvalue weighted by Gasteiger charge is -2.30. The molecule has 6 heteroatoms. The van der Waals surface area contributed by atoms with Crippen LogP contribution in [0.2, 0.25) is 0 Å². The van der Waals surface area contributed by atoms with Gasteiger partial charge >= 0.3 is 0 Å². The maximum Gasteiger partial charge on any atom is 0.282 e. The highest BCUT2D eigenvalue weighted by atomic mass is 16.5. The quantitative estimate of drug-likeness (QED) is 0.617. The van der Waals surface area contributed by atoms with Crippen molar-refractivity contribution in [3.8, 4) is 11.5 Å². The Labute approximate surface area is 132 Å². The van der Waals surface area contributed by atoms with Gasteiger partial charge in [0.1, 0.15) is 26.2 Å². The Morgan fingerprint density at radius 2 is 1.77 bits per heavy atom. The molecule has 1 aliphatic rings. The topological polar surface area (TPSA) is 56.4 Å².